The van der Waals surface area contributed by atoms with Gasteiger partial charge in [-0.05, 0) is 47.5 Å². The first-order valence-electron chi connectivity index (χ1n) is 10.2. The van der Waals surface area contributed by atoms with Crippen molar-refractivity contribution in [1.82, 2.24) is 0 Å². The van der Waals surface area contributed by atoms with Crippen molar-refractivity contribution in [2.45, 2.75) is 6.42 Å². The van der Waals surface area contributed by atoms with Gasteiger partial charge in [-0.15, -0.1) is 0 Å². The van der Waals surface area contributed by atoms with Crippen LogP contribution < -0.4 is 53.6 Å². The van der Waals surface area contributed by atoms with E-state index < -0.39 is 11.8 Å². The van der Waals surface area contributed by atoms with Gasteiger partial charge in [0.15, 0.2) is 17.3 Å². The van der Waals surface area contributed by atoms with Crippen LogP contribution in [0.2, 0.25) is 0 Å². The third-order valence-electron chi connectivity index (χ3n) is 5.30. The minimum Gasteiger partial charge on any atom is -0.545 e. The molecule has 0 saturated heterocycles. The Balaban J connectivity index is 0.00000324. The smallest absolute Gasteiger partial charge is 0.545 e. The first-order valence-corrected chi connectivity index (χ1v) is 10.2. The number of Topliss-reactive ketones (excluding diaryl/α,β-unsaturated/α-hetero) is 1. The van der Waals surface area contributed by atoms with Crippen LogP contribution in [0.1, 0.15) is 21.5 Å². The Kier molecular flexibility index (Phi) is 8.39. The molecule has 0 aliphatic carbocycles. The number of hydrogen-bond acceptors (Lipinski definition) is 7. The summed E-state index contributed by atoms with van der Waals surface area (Å²) in [5.41, 5.74) is 1.17. The van der Waals surface area contributed by atoms with Crippen molar-refractivity contribution < 1.29 is 63.2 Å². The third-order valence-corrected chi connectivity index (χ3v) is 5.30. The molecule has 34 heavy (non-hydrogen) atoms. The molecule has 0 aromatic heterocycles. The maximum absolute atomic E-state index is 13.6. The predicted octanol–water partition coefficient (Wildman–Crippen LogP) is 0.0656. The summed E-state index contributed by atoms with van der Waals surface area (Å²) in [6.45, 7) is -0.0127. The summed E-state index contributed by atoms with van der Waals surface area (Å²) in [6.07, 6.45) is 0.0891. The molecule has 168 valence electrons. The van der Waals surface area contributed by atoms with Gasteiger partial charge in [0.25, 0.3) is 0 Å². The molecule has 0 N–H and O–H groups in total. The van der Waals surface area contributed by atoms with Gasteiger partial charge in [0.05, 0.1) is 20.2 Å². The molecule has 4 rings (SSSR count). The molecule has 0 atom stereocenters. The van der Waals surface area contributed by atoms with Crippen molar-refractivity contribution in [3.63, 3.8) is 0 Å². The van der Waals surface area contributed by atoms with E-state index in [4.69, 9.17) is 18.9 Å². The first kappa shape index (κ1) is 25.4. The Morgan fingerprint density at radius 1 is 0.912 bits per heavy atom. The van der Waals surface area contributed by atoms with Gasteiger partial charge in [-0.25, -0.2) is 0 Å². The second kappa shape index (κ2) is 11.2. The van der Waals surface area contributed by atoms with Gasteiger partial charge in [0.2, 0.25) is 12.5 Å². The molecule has 0 spiro atoms. The molecule has 1 aliphatic heterocycles. The molecular formula is C26H21NaO7. The molecular weight excluding hydrogens is 447 g/mol. The van der Waals surface area contributed by atoms with Crippen molar-refractivity contribution in [2.75, 3.05) is 21.0 Å². The van der Waals surface area contributed by atoms with Crippen LogP contribution in [0.25, 0.3) is 5.57 Å². The van der Waals surface area contributed by atoms with Gasteiger partial charge >= 0.3 is 29.6 Å². The van der Waals surface area contributed by atoms with Crippen molar-refractivity contribution in [2.24, 2.45) is 0 Å². The zero-order valence-corrected chi connectivity index (χ0v) is 21.1. The fraction of sp³-hybridized carbons (Fsp3) is 0.154. The molecule has 1 heterocycles. The number of ether oxygens (including phenoxy) is 4. The first-order chi connectivity index (χ1) is 16.0. The van der Waals surface area contributed by atoms with E-state index >= 15 is 0 Å². The number of hydrogen-bond donors (Lipinski definition) is 0. The maximum Gasteiger partial charge on any atom is 1.00 e. The molecule has 0 fully saturated rings. The second-order valence-corrected chi connectivity index (χ2v) is 7.27. The number of methoxy groups -OCH3 is 2. The van der Waals surface area contributed by atoms with Crippen molar-refractivity contribution in [3.05, 3.63) is 89.0 Å². The molecule has 8 heteroatoms. The minimum atomic E-state index is -1.48. The normalized spacial score (nSPS) is 12.3. The van der Waals surface area contributed by atoms with Crippen LogP contribution in [0.4, 0.5) is 0 Å². The number of benzene rings is 3. The number of carboxylic acid groups (broad SMARTS) is 1. The van der Waals surface area contributed by atoms with Crippen LogP contribution in [-0.2, 0) is 11.2 Å². The Morgan fingerprint density at radius 3 is 2.24 bits per heavy atom. The van der Waals surface area contributed by atoms with Crippen LogP contribution in [0, 0.1) is 0 Å². The summed E-state index contributed by atoms with van der Waals surface area (Å²) in [5.74, 6) is -0.319. The molecule has 1 aliphatic rings. The Morgan fingerprint density at radius 2 is 1.62 bits per heavy atom. The summed E-state index contributed by atoms with van der Waals surface area (Å²) in [7, 11) is 2.97. The van der Waals surface area contributed by atoms with Gasteiger partial charge in [0.1, 0.15) is 5.75 Å². The minimum absolute atomic E-state index is 0. The van der Waals surface area contributed by atoms with Gasteiger partial charge in [-0.3, -0.25) is 4.79 Å². The van der Waals surface area contributed by atoms with Gasteiger partial charge in [-0.1, -0.05) is 30.3 Å². The summed E-state index contributed by atoms with van der Waals surface area (Å²) >= 11 is 0. The van der Waals surface area contributed by atoms with Crippen LogP contribution >= 0.6 is 0 Å². The molecule has 3 aromatic rings. The van der Waals surface area contributed by atoms with Gasteiger partial charge < -0.3 is 28.8 Å². The SMILES string of the molecule is COc1ccc(C(=O)/C(Cc2ccccc2)=C(\C(=O)[O-])c2cc(OC)c3c(c2)OCO3)cc1.[Na+]. The Labute approximate surface area is 219 Å². The molecule has 0 unspecified atom stereocenters. The second-order valence-electron chi connectivity index (χ2n) is 7.27. The molecule has 0 saturated carbocycles. The van der Waals surface area contributed by atoms with E-state index in [0.717, 1.165) is 5.56 Å². The standard InChI is InChI=1S/C26H22O7.Na/c1-30-19-10-8-17(9-11-19)24(27)20(12-16-6-4-3-5-7-16)23(26(28)29)18-13-21(31-2)25-22(14-18)32-15-33-25;/h3-11,13-14H,12,15H2,1-2H3,(H,28,29);/q;+1/p-1/b23-20-;. The van der Waals surface area contributed by atoms with E-state index in [9.17, 15) is 14.7 Å². The van der Waals surface area contributed by atoms with Crippen molar-refractivity contribution in [3.8, 4) is 23.0 Å². The number of carbonyl (C=O) groups is 2. The van der Waals surface area contributed by atoms with Crippen molar-refractivity contribution >= 4 is 17.3 Å². The van der Waals surface area contributed by atoms with Crippen LogP contribution in [-0.4, -0.2) is 32.8 Å². The van der Waals surface area contributed by atoms with Gasteiger partial charge in [0, 0.05) is 23.1 Å². The number of carbonyl (C=O) groups excluding carboxylic acids is 2. The van der Waals surface area contributed by atoms with Crippen LogP contribution in [0.5, 0.6) is 23.0 Å². The fourth-order valence-electron chi connectivity index (χ4n) is 3.69. The zero-order valence-electron chi connectivity index (χ0n) is 19.1. The Bertz CT molecular complexity index is 1220. The summed E-state index contributed by atoms with van der Waals surface area (Å²) in [5, 5.41) is 12.4. The van der Waals surface area contributed by atoms with E-state index in [0.29, 0.717) is 28.6 Å². The largest absolute Gasteiger partial charge is 1.00 e. The summed E-state index contributed by atoms with van der Waals surface area (Å²) < 4.78 is 21.4. The van der Waals surface area contributed by atoms with E-state index in [-0.39, 0.29) is 59.5 Å². The van der Waals surface area contributed by atoms with E-state index in [1.54, 1.807) is 24.3 Å². The van der Waals surface area contributed by atoms with Crippen LogP contribution in [0.15, 0.2) is 72.3 Å². The number of fused-ring (bicyclic) bond motifs is 1. The third kappa shape index (κ3) is 5.28. The topological polar surface area (TPSA) is 94.1 Å². The number of allylic oxidation sites excluding steroid dienone is 1. The van der Waals surface area contributed by atoms with Crippen LogP contribution in [0.3, 0.4) is 0 Å². The average molecular weight is 468 g/mol. The molecule has 7 nitrogen and oxygen atoms in total. The summed E-state index contributed by atoms with van der Waals surface area (Å²) in [4.78, 5) is 26.0. The molecule has 0 bridgehead atoms. The van der Waals surface area contributed by atoms with E-state index in [2.05, 4.69) is 0 Å². The summed E-state index contributed by atoms with van der Waals surface area (Å²) in [6, 6.07) is 18.7. The number of ketones is 1. The van der Waals surface area contributed by atoms with E-state index in [1.165, 1.54) is 26.4 Å². The maximum atomic E-state index is 13.6. The van der Waals surface area contributed by atoms with E-state index in [1.807, 2.05) is 30.3 Å². The Hall–Kier alpha value is -3.26. The molecule has 0 radical (unpaired) electrons. The quantitative estimate of drug-likeness (QED) is 0.262. The number of carboxylic acids is 1. The van der Waals surface area contributed by atoms with Crippen molar-refractivity contribution in [1.29, 1.82) is 0 Å². The molecule has 0 amide bonds. The fourth-order valence-corrected chi connectivity index (χ4v) is 3.69. The number of aliphatic carboxylic acids is 1. The number of rotatable bonds is 8. The van der Waals surface area contributed by atoms with Gasteiger partial charge in [-0.2, -0.15) is 0 Å². The molecule has 3 aromatic carbocycles. The average Bonchev–Trinajstić information content (AvgIpc) is 3.32. The zero-order chi connectivity index (χ0) is 23.4. The monoisotopic (exact) mass is 468 g/mol. The predicted molar refractivity (Wildman–Crippen MR) is 119 cm³/mol.